The van der Waals surface area contributed by atoms with Crippen molar-refractivity contribution in [3.05, 3.63) is 47.0 Å². The van der Waals surface area contributed by atoms with Gasteiger partial charge in [0, 0.05) is 0 Å². The van der Waals surface area contributed by atoms with Crippen LogP contribution >= 0.6 is 0 Å². The fourth-order valence-electron chi connectivity index (χ4n) is 4.08. The van der Waals surface area contributed by atoms with Gasteiger partial charge < -0.3 is 0 Å². The monoisotopic (exact) mass is 282 g/mol. The van der Waals surface area contributed by atoms with Gasteiger partial charge in [-0.15, -0.1) is 0 Å². The number of hydrogen-bond acceptors (Lipinski definition) is 3. The van der Waals surface area contributed by atoms with E-state index < -0.39 is 0 Å². The molecular formula is C17H22N4. The first-order valence-electron chi connectivity index (χ1n) is 7.94. The van der Waals surface area contributed by atoms with Crippen LogP contribution in [0.15, 0.2) is 24.3 Å². The maximum Gasteiger partial charge on any atom is 0.164 e. The lowest BCUT2D eigenvalue weighted by Gasteiger charge is -2.39. The molecule has 1 aromatic heterocycles. The van der Waals surface area contributed by atoms with Gasteiger partial charge in [-0.25, -0.2) is 4.98 Å². The van der Waals surface area contributed by atoms with Crippen LogP contribution in [-0.4, -0.2) is 33.2 Å². The van der Waals surface area contributed by atoms with Crippen LogP contribution < -0.4 is 0 Å². The molecule has 0 unspecified atom stereocenters. The number of hydrogen-bond donors (Lipinski definition) is 1. The molecule has 1 aliphatic carbocycles. The number of piperidine rings is 1. The molecule has 1 fully saturated rings. The van der Waals surface area contributed by atoms with Crippen molar-refractivity contribution in [3.63, 3.8) is 0 Å². The summed E-state index contributed by atoms with van der Waals surface area (Å²) in [6.45, 7) is 5.14. The maximum absolute atomic E-state index is 4.42. The third kappa shape index (κ3) is 2.27. The summed E-state index contributed by atoms with van der Waals surface area (Å²) in [6, 6.07) is 9.05. The Labute approximate surface area is 125 Å². The van der Waals surface area contributed by atoms with E-state index in [1.54, 1.807) is 11.1 Å². The average molecular weight is 282 g/mol. The summed E-state index contributed by atoms with van der Waals surface area (Å²) in [4.78, 5) is 6.92. The summed E-state index contributed by atoms with van der Waals surface area (Å²) in [7, 11) is 0. The zero-order chi connectivity index (χ0) is 14.3. The highest BCUT2D eigenvalue weighted by molar-refractivity contribution is 5.39. The van der Waals surface area contributed by atoms with Crippen LogP contribution in [0.2, 0.25) is 0 Å². The fraction of sp³-hybridized carbons (Fsp3) is 0.529. The summed E-state index contributed by atoms with van der Waals surface area (Å²) < 4.78 is 0. The molecule has 2 aliphatic rings. The molecule has 1 N–H and O–H groups in total. The summed E-state index contributed by atoms with van der Waals surface area (Å²) in [5.74, 6) is 1.83. The SMILES string of the molecule is Cc1nc(CN2CCC3(CCc4ccccc43)CC2)n[nH]1. The van der Waals surface area contributed by atoms with E-state index in [1.807, 2.05) is 6.92 Å². The molecule has 110 valence electrons. The Hall–Kier alpha value is -1.68. The quantitative estimate of drug-likeness (QED) is 0.921. The van der Waals surface area contributed by atoms with Crippen molar-refractivity contribution in [3.8, 4) is 0 Å². The summed E-state index contributed by atoms with van der Waals surface area (Å²) in [5, 5.41) is 7.19. The number of rotatable bonds is 2. The predicted molar refractivity (Wildman–Crippen MR) is 82.1 cm³/mol. The standard InChI is InChI=1S/C17H22N4/c1-13-18-16(20-19-13)12-21-10-8-17(9-11-21)7-6-14-4-2-3-5-15(14)17/h2-5H,6-12H2,1H3,(H,18,19,20). The van der Waals surface area contributed by atoms with Gasteiger partial charge in [-0.1, -0.05) is 24.3 Å². The maximum atomic E-state index is 4.42. The molecule has 21 heavy (non-hydrogen) atoms. The van der Waals surface area contributed by atoms with Gasteiger partial charge in [-0.05, 0) is 62.2 Å². The van der Waals surface area contributed by atoms with E-state index in [9.17, 15) is 0 Å². The Balaban J connectivity index is 1.45. The van der Waals surface area contributed by atoms with Gasteiger partial charge in [0.1, 0.15) is 5.82 Å². The van der Waals surface area contributed by atoms with Crippen molar-refractivity contribution in [2.24, 2.45) is 0 Å². The third-order valence-electron chi connectivity index (χ3n) is 5.28. The molecule has 0 saturated carbocycles. The lowest BCUT2D eigenvalue weighted by atomic mass is 9.74. The first-order valence-corrected chi connectivity index (χ1v) is 7.94. The van der Waals surface area contributed by atoms with Crippen molar-refractivity contribution in [1.82, 2.24) is 20.1 Å². The first kappa shape index (κ1) is 13.0. The van der Waals surface area contributed by atoms with Crippen LogP contribution in [0, 0.1) is 6.92 Å². The van der Waals surface area contributed by atoms with Crippen molar-refractivity contribution < 1.29 is 0 Å². The highest BCUT2D eigenvalue weighted by Gasteiger charge is 2.40. The number of benzene rings is 1. The first-order chi connectivity index (χ1) is 10.3. The highest BCUT2D eigenvalue weighted by atomic mass is 15.2. The molecule has 2 heterocycles. The van der Waals surface area contributed by atoms with Gasteiger partial charge in [0.15, 0.2) is 5.82 Å². The summed E-state index contributed by atoms with van der Waals surface area (Å²) in [6.07, 6.45) is 5.14. The number of fused-ring (bicyclic) bond motifs is 2. The van der Waals surface area contributed by atoms with E-state index in [0.29, 0.717) is 5.41 Å². The number of H-pyrrole nitrogens is 1. The number of aromatic nitrogens is 3. The van der Waals surface area contributed by atoms with Crippen molar-refractivity contribution in [1.29, 1.82) is 0 Å². The molecule has 0 atom stereocenters. The lowest BCUT2D eigenvalue weighted by molar-refractivity contribution is 0.149. The molecule has 1 aliphatic heterocycles. The van der Waals surface area contributed by atoms with Gasteiger partial charge >= 0.3 is 0 Å². The van der Waals surface area contributed by atoms with E-state index in [1.165, 1.54) is 25.7 Å². The highest BCUT2D eigenvalue weighted by Crippen LogP contribution is 2.46. The smallest absolute Gasteiger partial charge is 0.164 e. The summed E-state index contributed by atoms with van der Waals surface area (Å²) >= 11 is 0. The number of aromatic amines is 1. The Morgan fingerprint density at radius 1 is 1.19 bits per heavy atom. The van der Waals surface area contributed by atoms with Crippen LogP contribution in [-0.2, 0) is 18.4 Å². The van der Waals surface area contributed by atoms with Crippen LogP contribution in [0.4, 0.5) is 0 Å². The molecule has 1 aromatic carbocycles. The van der Waals surface area contributed by atoms with Crippen LogP contribution in [0.3, 0.4) is 0 Å². The van der Waals surface area contributed by atoms with Crippen LogP contribution in [0.1, 0.15) is 42.0 Å². The van der Waals surface area contributed by atoms with E-state index in [4.69, 9.17) is 0 Å². The van der Waals surface area contributed by atoms with E-state index in [2.05, 4.69) is 44.3 Å². The van der Waals surface area contributed by atoms with Crippen molar-refractivity contribution in [2.75, 3.05) is 13.1 Å². The zero-order valence-electron chi connectivity index (χ0n) is 12.6. The van der Waals surface area contributed by atoms with E-state index in [0.717, 1.165) is 31.3 Å². The molecule has 4 nitrogen and oxygen atoms in total. The number of nitrogens with one attached hydrogen (secondary N) is 1. The number of aryl methyl sites for hydroxylation is 2. The molecule has 0 radical (unpaired) electrons. The minimum absolute atomic E-state index is 0.446. The third-order valence-corrected chi connectivity index (χ3v) is 5.28. The van der Waals surface area contributed by atoms with Gasteiger partial charge in [0.25, 0.3) is 0 Å². The summed E-state index contributed by atoms with van der Waals surface area (Å²) in [5.41, 5.74) is 3.65. The molecule has 0 amide bonds. The van der Waals surface area contributed by atoms with Crippen molar-refractivity contribution >= 4 is 0 Å². The largest absolute Gasteiger partial charge is 0.296 e. The second kappa shape index (κ2) is 4.95. The fourth-order valence-corrected chi connectivity index (χ4v) is 4.08. The Morgan fingerprint density at radius 2 is 2.00 bits per heavy atom. The molecule has 2 aromatic rings. The van der Waals surface area contributed by atoms with Crippen molar-refractivity contribution in [2.45, 2.75) is 44.6 Å². The van der Waals surface area contributed by atoms with Gasteiger partial charge in [0.2, 0.25) is 0 Å². The Bertz CT molecular complexity index is 638. The Morgan fingerprint density at radius 3 is 2.76 bits per heavy atom. The molecule has 1 spiro atoms. The predicted octanol–water partition coefficient (Wildman–Crippen LogP) is 2.59. The Kier molecular flexibility index (Phi) is 3.07. The second-order valence-electron chi connectivity index (χ2n) is 6.55. The van der Waals surface area contributed by atoms with Crippen LogP contribution in [0.25, 0.3) is 0 Å². The molecule has 0 bridgehead atoms. The average Bonchev–Trinajstić information content (AvgIpc) is 3.07. The van der Waals surface area contributed by atoms with E-state index >= 15 is 0 Å². The minimum atomic E-state index is 0.446. The topological polar surface area (TPSA) is 44.8 Å². The zero-order valence-corrected chi connectivity index (χ0v) is 12.6. The van der Waals surface area contributed by atoms with Crippen LogP contribution in [0.5, 0.6) is 0 Å². The normalized spacial score (nSPS) is 20.8. The minimum Gasteiger partial charge on any atom is -0.296 e. The van der Waals surface area contributed by atoms with Gasteiger partial charge in [-0.2, -0.15) is 5.10 Å². The lowest BCUT2D eigenvalue weighted by Crippen LogP contribution is -2.41. The number of nitrogens with zero attached hydrogens (tertiary/aromatic N) is 3. The van der Waals surface area contributed by atoms with Gasteiger partial charge in [-0.3, -0.25) is 10.00 Å². The molecular weight excluding hydrogens is 260 g/mol. The van der Waals surface area contributed by atoms with E-state index in [-0.39, 0.29) is 0 Å². The second-order valence-corrected chi connectivity index (χ2v) is 6.55. The number of likely N-dealkylation sites (tertiary alicyclic amines) is 1. The van der Waals surface area contributed by atoms with Gasteiger partial charge in [0.05, 0.1) is 6.54 Å². The molecule has 4 rings (SSSR count). The molecule has 4 heteroatoms. The molecule has 1 saturated heterocycles.